The van der Waals surface area contributed by atoms with E-state index in [1.165, 1.54) is 0 Å². The van der Waals surface area contributed by atoms with Crippen molar-refractivity contribution in [3.63, 3.8) is 0 Å². The average molecular weight is 252 g/mol. The number of carbonyl (C=O) groups is 1. The van der Waals surface area contributed by atoms with Gasteiger partial charge in [0.2, 0.25) is 5.91 Å². The highest BCUT2D eigenvalue weighted by Gasteiger charge is 2.30. The third-order valence-electron chi connectivity index (χ3n) is 1.89. The Morgan fingerprint density at radius 1 is 1.44 bits per heavy atom. The highest BCUT2D eigenvalue weighted by Crippen LogP contribution is 2.33. The Hall–Kier alpha value is -1.23. The topological polar surface area (TPSA) is 29.1 Å². The van der Waals surface area contributed by atoms with Gasteiger partial charge in [-0.25, -0.2) is 0 Å². The Balaban J connectivity index is 2.96. The van der Waals surface area contributed by atoms with E-state index in [4.69, 9.17) is 11.6 Å². The largest absolute Gasteiger partial charge is 0.416 e. The summed E-state index contributed by atoms with van der Waals surface area (Å²) in [6.07, 6.45) is -4.20. The van der Waals surface area contributed by atoms with E-state index in [1.807, 2.05) is 0 Å². The zero-order valence-corrected chi connectivity index (χ0v) is 9.12. The summed E-state index contributed by atoms with van der Waals surface area (Å²) >= 11 is 5.62. The number of carbonyl (C=O) groups excluding carboxylic acids is 1. The molecule has 0 heterocycles. The third-order valence-corrected chi connectivity index (χ3v) is 2.20. The lowest BCUT2D eigenvalue weighted by atomic mass is 10.2. The van der Waals surface area contributed by atoms with Crippen molar-refractivity contribution in [3.8, 4) is 0 Å². The maximum Gasteiger partial charge on any atom is 0.416 e. The van der Waals surface area contributed by atoms with E-state index in [0.717, 1.165) is 18.2 Å². The summed E-state index contributed by atoms with van der Waals surface area (Å²) in [5.74, 6) is -0.304. The first-order valence-corrected chi connectivity index (χ1v) is 4.89. The molecule has 0 aliphatic rings. The molecule has 0 aromatic heterocycles. The van der Waals surface area contributed by atoms with E-state index < -0.39 is 11.7 Å². The SMILES string of the molecule is CCC(=O)Nc1ccc(C(F)(F)F)cc1Cl. The molecule has 1 N–H and O–H groups in total. The fourth-order valence-electron chi connectivity index (χ4n) is 1.03. The predicted octanol–water partition coefficient (Wildman–Crippen LogP) is 3.71. The van der Waals surface area contributed by atoms with Crippen LogP contribution in [0, 0.1) is 0 Å². The van der Waals surface area contributed by atoms with E-state index in [2.05, 4.69) is 5.32 Å². The monoisotopic (exact) mass is 251 g/mol. The minimum absolute atomic E-state index is 0.128. The summed E-state index contributed by atoms with van der Waals surface area (Å²) in [4.78, 5) is 11.0. The van der Waals surface area contributed by atoms with Crippen LogP contribution < -0.4 is 5.32 Å². The average Bonchev–Trinajstić information content (AvgIpc) is 2.19. The third kappa shape index (κ3) is 3.13. The van der Waals surface area contributed by atoms with E-state index in [1.54, 1.807) is 6.92 Å². The number of anilines is 1. The first kappa shape index (κ1) is 12.8. The highest BCUT2D eigenvalue weighted by atomic mass is 35.5. The van der Waals surface area contributed by atoms with Crippen LogP contribution in [0.3, 0.4) is 0 Å². The van der Waals surface area contributed by atoms with Gasteiger partial charge in [-0.2, -0.15) is 13.2 Å². The Labute approximate surface area is 95.4 Å². The number of rotatable bonds is 2. The summed E-state index contributed by atoms with van der Waals surface area (Å²) in [6, 6.07) is 2.79. The summed E-state index contributed by atoms with van der Waals surface area (Å²) in [5.41, 5.74) is -0.659. The van der Waals surface area contributed by atoms with Crippen molar-refractivity contribution >= 4 is 23.2 Å². The standard InChI is InChI=1S/C10H9ClF3NO/c1-2-9(16)15-8-4-3-6(5-7(8)11)10(12,13)14/h3-5H,2H2,1H3,(H,15,16). The molecule has 0 aliphatic carbocycles. The smallest absolute Gasteiger partial charge is 0.325 e. The molecule has 0 fully saturated rings. The second-order valence-electron chi connectivity index (χ2n) is 3.09. The molecule has 1 rings (SSSR count). The van der Waals surface area contributed by atoms with E-state index in [-0.39, 0.29) is 23.0 Å². The van der Waals surface area contributed by atoms with Gasteiger partial charge in [0.1, 0.15) is 0 Å². The maximum atomic E-state index is 12.3. The number of alkyl halides is 3. The molecule has 0 unspecified atom stereocenters. The Kier molecular flexibility index (Phi) is 3.80. The number of amides is 1. The lowest BCUT2D eigenvalue weighted by molar-refractivity contribution is -0.137. The van der Waals surface area contributed by atoms with Crippen molar-refractivity contribution in [3.05, 3.63) is 28.8 Å². The zero-order valence-electron chi connectivity index (χ0n) is 8.36. The normalized spacial score (nSPS) is 11.3. The van der Waals surface area contributed by atoms with Gasteiger partial charge in [-0.3, -0.25) is 4.79 Å². The first-order valence-electron chi connectivity index (χ1n) is 4.51. The summed E-state index contributed by atoms with van der Waals surface area (Å²) < 4.78 is 36.8. The van der Waals surface area contributed by atoms with Gasteiger partial charge in [-0.05, 0) is 18.2 Å². The number of halogens is 4. The van der Waals surface area contributed by atoms with Gasteiger partial charge in [-0.1, -0.05) is 18.5 Å². The molecule has 0 atom stereocenters. The Morgan fingerprint density at radius 2 is 2.06 bits per heavy atom. The molecule has 0 spiro atoms. The lowest BCUT2D eigenvalue weighted by Crippen LogP contribution is -2.11. The molecule has 0 bridgehead atoms. The fraction of sp³-hybridized carbons (Fsp3) is 0.300. The van der Waals surface area contributed by atoms with Gasteiger partial charge < -0.3 is 5.32 Å². The number of hydrogen-bond acceptors (Lipinski definition) is 1. The molecule has 1 aromatic carbocycles. The van der Waals surface area contributed by atoms with Crippen LogP contribution in [0.5, 0.6) is 0 Å². The van der Waals surface area contributed by atoms with Crippen molar-refractivity contribution in [2.75, 3.05) is 5.32 Å². The molecule has 0 saturated heterocycles. The second kappa shape index (κ2) is 4.74. The molecular weight excluding hydrogens is 243 g/mol. The molecule has 0 saturated carbocycles. The molecule has 1 amide bonds. The van der Waals surface area contributed by atoms with Crippen LogP contribution in [-0.2, 0) is 11.0 Å². The van der Waals surface area contributed by atoms with Crippen LogP contribution in [0.25, 0.3) is 0 Å². The Morgan fingerprint density at radius 3 is 2.50 bits per heavy atom. The molecule has 16 heavy (non-hydrogen) atoms. The number of hydrogen-bond donors (Lipinski definition) is 1. The molecule has 1 aromatic rings. The van der Waals surface area contributed by atoms with Gasteiger partial charge in [0.15, 0.2) is 0 Å². The van der Waals surface area contributed by atoms with E-state index in [9.17, 15) is 18.0 Å². The quantitative estimate of drug-likeness (QED) is 0.853. The van der Waals surface area contributed by atoms with Crippen LogP contribution in [0.15, 0.2) is 18.2 Å². The van der Waals surface area contributed by atoms with E-state index >= 15 is 0 Å². The van der Waals surface area contributed by atoms with Gasteiger partial charge >= 0.3 is 6.18 Å². The number of benzene rings is 1. The molecule has 2 nitrogen and oxygen atoms in total. The van der Waals surface area contributed by atoms with Crippen molar-refractivity contribution in [2.24, 2.45) is 0 Å². The predicted molar refractivity (Wildman–Crippen MR) is 55.4 cm³/mol. The van der Waals surface area contributed by atoms with Gasteiger partial charge in [0.05, 0.1) is 16.3 Å². The molecule has 0 aliphatic heterocycles. The van der Waals surface area contributed by atoms with Crippen LogP contribution in [0.4, 0.5) is 18.9 Å². The fourth-order valence-corrected chi connectivity index (χ4v) is 1.26. The van der Waals surface area contributed by atoms with Crippen molar-refractivity contribution < 1.29 is 18.0 Å². The van der Waals surface area contributed by atoms with Crippen molar-refractivity contribution in [1.82, 2.24) is 0 Å². The zero-order chi connectivity index (χ0) is 12.3. The molecule has 88 valence electrons. The summed E-state index contributed by atoms with van der Waals surface area (Å²) in [6.45, 7) is 1.63. The van der Waals surface area contributed by atoms with Crippen LogP contribution in [-0.4, -0.2) is 5.91 Å². The van der Waals surface area contributed by atoms with Crippen molar-refractivity contribution in [2.45, 2.75) is 19.5 Å². The minimum Gasteiger partial charge on any atom is -0.325 e. The van der Waals surface area contributed by atoms with Crippen molar-refractivity contribution in [1.29, 1.82) is 0 Å². The highest BCUT2D eigenvalue weighted by molar-refractivity contribution is 6.33. The summed E-state index contributed by atoms with van der Waals surface area (Å²) in [5, 5.41) is 2.27. The van der Waals surface area contributed by atoms with Crippen LogP contribution in [0.1, 0.15) is 18.9 Å². The second-order valence-corrected chi connectivity index (χ2v) is 3.50. The maximum absolute atomic E-state index is 12.3. The lowest BCUT2D eigenvalue weighted by Gasteiger charge is -2.10. The first-order chi connectivity index (χ1) is 7.34. The molecule has 6 heteroatoms. The van der Waals surface area contributed by atoms with Gasteiger partial charge in [-0.15, -0.1) is 0 Å². The molecule has 0 radical (unpaired) electrons. The van der Waals surface area contributed by atoms with Crippen LogP contribution >= 0.6 is 11.6 Å². The molecular formula is C10H9ClF3NO. The van der Waals surface area contributed by atoms with E-state index in [0.29, 0.717) is 0 Å². The summed E-state index contributed by atoms with van der Waals surface area (Å²) in [7, 11) is 0. The number of nitrogens with one attached hydrogen (secondary N) is 1. The minimum atomic E-state index is -4.43. The Bertz CT molecular complexity index is 404. The van der Waals surface area contributed by atoms with Gasteiger partial charge in [0.25, 0.3) is 0 Å². The van der Waals surface area contributed by atoms with Gasteiger partial charge in [0, 0.05) is 6.42 Å². The van der Waals surface area contributed by atoms with Crippen LogP contribution in [0.2, 0.25) is 5.02 Å².